The highest BCUT2D eigenvalue weighted by atomic mass is 19.1. The minimum atomic E-state index is -0.338. The lowest BCUT2D eigenvalue weighted by Gasteiger charge is -2.06. The van der Waals surface area contributed by atoms with Gasteiger partial charge < -0.3 is 14.8 Å². The summed E-state index contributed by atoms with van der Waals surface area (Å²) in [5, 5.41) is 2.92. The largest absolute Gasteiger partial charge is 0.491 e. The van der Waals surface area contributed by atoms with Crippen LogP contribution >= 0.6 is 0 Å². The van der Waals surface area contributed by atoms with E-state index in [1.807, 2.05) is 13.0 Å². The molecule has 0 aliphatic carbocycles. The summed E-state index contributed by atoms with van der Waals surface area (Å²) >= 11 is 0. The third-order valence-electron chi connectivity index (χ3n) is 2.11. The van der Waals surface area contributed by atoms with E-state index in [1.54, 1.807) is 6.07 Å². The molecule has 4 heteroatoms. The second-order valence-corrected chi connectivity index (χ2v) is 3.32. The van der Waals surface area contributed by atoms with Gasteiger partial charge in [0.2, 0.25) is 0 Å². The van der Waals surface area contributed by atoms with Gasteiger partial charge in [-0.3, -0.25) is 0 Å². The lowest BCUT2D eigenvalue weighted by atomic mass is 10.1. The summed E-state index contributed by atoms with van der Waals surface area (Å²) in [4.78, 5) is 10.0. The molecule has 1 aromatic rings. The summed E-state index contributed by atoms with van der Waals surface area (Å²) < 4.78 is 18.5. The quantitative estimate of drug-likeness (QED) is 0.565. The maximum absolute atomic E-state index is 13.4. The molecular formula is C12H16FNO2. The zero-order chi connectivity index (χ0) is 11.8. The van der Waals surface area contributed by atoms with Gasteiger partial charge in [-0.2, -0.15) is 0 Å². The van der Waals surface area contributed by atoms with Crippen LogP contribution in [-0.2, 0) is 11.2 Å². The van der Waals surface area contributed by atoms with Gasteiger partial charge >= 0.3 is 0 Å². The molecule has 88 valence electrons. The molecule has 16 heavy (non-hydrogen) atoms. The molecule has 1 rings (SSSR count). The number of carbonyl (C=O) groups excluding carboxylic acids is 1. The summed E-state index contributed by atoms with van der Waals surface area (Å²) in [7, 11) is 0. The van der Waals surface area contributed by atoms with Crippen molar-refractivity contribution in [2.24, 2.45) is 0 Å². The van der Waals surface area contributed by atoms with E-state index in [1.165, 1.54) is 6.07 Å². The first-order valence-electron chi connectivity index (χ1n) is 5.33. The molecule has 1 N–H and O–H groups in total. The van der Waals surface area contributed by atoms with Crippen LogP contribution < -0.4 is 10.1 Å². The van der Waals surface area contributed by atoms with E-state index in [0.717, 1.165) is 11.8 Å². The Bertz CT molecular complexity index is 342. The Morgan fingerprint density at radius 2 is 2.31 bits per heavy atom. The van der Waals surface area contributed by atoms with Crippen LogP contribution in [0.2, 0.25) is 0 Å². The fourth-order valence-corrected chi connectivity index (χ4v) is 1.37. The van der Waals surface area contributed by atoms with Crippen LogP contribution in [0, 0.1) is 5.82 Å². The van der Waals surface area contributed by atoms with Crippen molar-refractivity contribution >= 4 is 6.29 Å². The number of rotatable bonds is 7. The Morgan fingerprint density at radius 3 is 2.94 bits per heavy atom. The average Bonchev–Trinajstić information content (AvgIpc) is 2.28. The molecule has 0 amide bonds. The van der Waals surface area contributed by atoms with Crippen LogP contribution in [-0.4, -0.2) is 26.0 Å². The standard InChI is InChI=1S/C12H16FNO2/c1-2-16-12-4-3-10(9-11(12)13)5-6-14-7-8-15/h3-4,8-9,14H,2,5-7H2,1H3. The first-order chi connectivity index (χ1) is 7.77. The SMILES string of the molecule is CCOc1ccc(CCNCC=O)cc1F. The molecule has 0 atom stereocenters. The lowest BCUT2D eigenvalue weighted by molar-refractivity contribution is -0.107. The molecule has 0 unspecified atom stereocenters. The number of ether oxygens (including phenoxy) is 1. The molecular weight excluding hydrogens is 209 g/mol. The molecule has 0 fully saturated rings. The van der Waals surface area contributed by atoms with Gasteiger partial charge in [-0.1, -0.05) is 6.07 Å². The predicted molar refractivity (Wildman–Crippen MR) is 60.2 cm³/mol. The third-order valence-corrected chi connectivity index (χ3v) is 2.11. The summed E-state index contributed by atoms with van der Waals surface area (Å²) in [5.41, 5.74) is 0.888. The van der Waals surface area contributed by atoms with Crippen LogP contribution in [0.15, 0.2) is 18.2 Å². The second kappa shape index (κ2) is 6.95. The van der Waals surface area contributed by atoms with Gasteiger partial charge in [0, 0.05) is 0 Å². The smallest absolute Gasteiger partial charge is 0.165 e. The molecule has 0 aliphatic rings. The van der Waals surface area contributed by atoms with E-state index in [0.29, 0.717) is 26.1 Å². The van der Waals surface area contributed by atoms with Crippen molar-refractivity contribution in [3.8, 4) is 5.75 Å². The molecule has 0 aromatic heterocycles. The number of halogens is 1. The summed E-state index contributed by atoms with van der Waals surface area (Å²) in [6.07, 6.45) is 1.50. The zero-order valence-electron chi connectivity index (χ0n) is 9.33. The fraction of sp³-hybridized carbons (Fsp3) is 0.417. The number of hydrogen-bond acceptors (Lipinski definition) is 3. The van der Waals surface area contributed by atoms with E-state index in [2.05, 4.69) is 5.32 Å². The van der Waals surface area contributed by atoms with Crippen molar-refractivity contribution in [1.29, 1.82) is 0 Å². The Kier molecular flexibility index (Phi) is 5.50. The van der Waals surface area contributed by atoms with E-state index < -0.39 is 0 Å². The first-order valence-corrected chi connectivity index (χ1v) is 5.33. The van der Waals surface area contributed by atoms with Gasteiger partial charge in [0.1, 0.15) is 6.29 Å². The Labute approximate surface area is 94.6 Å². The molecule has 1 aromatic carbocycles. The predicted octanol–water partition coefficient (Wildman–Crippen LogP) is 1.56. The van der Waals surface area contributed by atoms with Crippen molar-refractivity contribution in [1.82, 2.24) is 5.32 Å². The summed E-state index contributed by atoms with van der Waals surface area (Å²) in [6, 6.07) is 4.93. The number of benzene rings is 1. The molecule has 0 radical (unpaired) electrons. The summed E-state index contributed by atoms with van der Waals surface area (Å²) in [6.45, 7) is 3.26. The second-order valence-electron chi connectivity index (χ2n) is 3.32. The van der Waals surface area contributed by atoms with Crippen LogP contribution in [0.3, 0.4) is 0 Å². The van der Waals surface area contributed by atoms with Crippen LogP contribution in [0.4, 0.5) is 4.39 Å². The van der Waals surface area contributed by atoms with E-state index in [9.17, 15) is 9.18 Å². The van der Waals surface area contributed by atoms with Crippen LogP contribution in [0.1, 0.15) is 12.5 Å². The molecule has 0 aliphatic heterocycles. The average molecular weight is 225 g/mol. The van der Waals surface area contributed by atoms with E-state index >= 15 is 0 Å². The highest BCUT2D eigenvalue weighted by Gasteiger charge is 2.03. The lowest BCUT2D eigenvalue weighted by Crippen LogP contribution is -2.19. The molecule has 0 saturated heterocycles. The van der Waals surface area contributed by atoms with Gasteiger partial charge in [0.05, 0.1) is 13.2 Å². The monoisotopic (exact) mass is 225 g/mol. The fourth-order valence-electron chi connectivity index (χ4n) is 1.37. The Morgan fingerprint density at radius 1 is 1.50 bits per heavy atom. The molecule has 0 bridgehead atoms. The van der Waals surface area contributed by atoms with Crippen molar-refractivity contribution in [3.05, 3.63) is 29.6 Å². The maximum Gasteiger partial charge on any atom is 0.165 e. The number of aldehydes is 1. The topological polar surface area (TPSA) is 38.3 Å². The van der Waals surface area contributed by atoms with Crippen molar-refractivity contribution < 1.29 is 13.9 Å². The zero-order valence-corrected chi connectivity index (χ0v) is 9.33. The van der Waals surface area contributed by atoms with Crippen molar-refractivity contribution in [2.45, 2.75) is 13.3 Å². The van der Waals surface area contributed by atoms with Crippen LogP contribution in [0.5, 0.6) is 5.75 Å². The van der Waals surface area contributed by atoms with Gasteiger partial charge in [-0.25, -0.2) is 4.39 Å². The van der Waals surface area contributed by atoms with E-state index in [-0.39, 0.29) is 11.6 Å². The number of hydrogen-bond donors (Lipinski definition) is 1. The minimum absolute atomic E-state index is 0.284. The van der Waals surface area contributed by atoms with Crippen LogP contribution in [0.25, 0.3) is 0 Å². The van der Waals surface area contributed by atoms with Crippen molar-refractivity contribution in [2.75, 3.05) is 19.7 Å². The van der Waals surface area contributed by atoms with E-state index in [4.69, 9.17) is 4.74 Å². The Hall–Kier alpha value is -1.42. The van der Waals surface area contributed by atoms with Gasteiger partial charge in [0.25, 0.3) is 0 Å². The Balaban J connectivity index is 2.49. The number of carbonyl (C=O) groups is 1. The molecule has 0 saturated carbocycles. The highest BCUT2D eigenvalue weighted by molar-refractivity contribution is 5.51. The first kappa shape index (κ1) is 12.6. The molecule has 3 nitrogen and oxygen atoms in total. The van der Waals surface area contributed by atoms with Crippen molar-refractivity contribution in [3.63, 3.8) is 0 Å². The normalized spacial score (nSPS) is 10.1. The van der Waals surface area contributed by atoms with Gasteiger partial charge in [-0.15, -0.1) is 0 Å². The summed E-state index contributed by atoms with van der Waals surface area (Å²) in [5.74, 6) is -0.0539. The highest BCUT2D eigenvalue weighted by Crippen LogP contribution is 2.18. The minimum Gasteiger partial charge on any atom is -0.491 e. The number of nitrogens with one attached hydrogen (secondary N) is 1. The third kappa shape index (κ3) is 3.98. The maximum atomic E-state index is 13.4. The molecule has 0 heterocycles. The van der Waals surface area contributed by atoms with Gasteiger partial charge in [0.15, 0.2) is 11.6 Å². The van der Waals surface area contributed by atoms with Gasteiger partial charge in [-0.05, 0) is 37.6 Å². The molecule has 0 spiro atoms.